The zero-order chi connectivity index (χ0) is 31.0. The molecule has 222 valence electrons. The van der Waals surface area contributed by atoms with E-state index in [9.17, 15) is 34.2 Å². The number of benzene rings is 2. The van der Waals surface area contributed by atoms with Crippen molar-refractivity contribution in [1.29, 1.82) is 0 Å². The van der Waals surface area contributed by atoms with Crippen molar-refractivity contribution in [3.63, 3.8) is 0 Å². The number of aliphatic hydroxyl groups is 1. The molecule has 2 aromatic rings. The number of aromatic hydroxyl groups is 1. The molecular formula is C31H36N4O7. The summed E-state index contributed by atoms with van der Waals surface area (Å²) in [5, 5.41) is 23.4. The molecule has 1 amide bonds. The monoisotopic (exact) mass is 576 g/mol. The minimum atomic E-state index is -2.76. The molecule has 2 fully saturated rings. The fraction of sp³-hybridized carbons (Fsp3) is 0.452. The fourth-order valence-electron chi connectivity index (χ4n) is 7.22. The van der Waals surface area contributed by atoms with Gasteiger partial charge in [0, 0.05) is 51.0 Å². The van der Waals surface area contributed by atoms with Crippen LogP contribution in [0.15, 0.2) is 30.3 Å². The average Bonchev–Trinajstić information content (AvgIpc) is 2.90. The number of Topliss-reactive ketones (excluding diaryl/α,β-unsaturated/α-hetero) is 4. The molecule has 4 N–H and O–H groups in total. The number of carbonyl (C=O) groups excluding carboxylic acids is 5. The lowest BCUT2D eigenvalue weighted by atomic mass is 9.52. The Morgan fingerprint density at radius 3 is 2.21 bits per heavy atom. The topological polar surface area (TPSA) is 162 Å². The van der Waals surface area contributed by atoms with E-state index in [0.717, 1.165) is 5.69 Å². The minimum absolute atomic E-state index is 0.00412. The lowest BCUT2D eigenvalue weighted by Crippen LogP contribution is -2.74. The smallest absolute Gasteiger partial charge is 0.235 e. The Balaban J connectivity index is 1.69. The fourth-order valence-corrected chi connectivity index (χ4v) is 7.22. The van der Waals surface area contributed by atoms with Crippen LogP contribution in [0.1, 0.15) is 22.3 Å². The molecule has 0 aromatic heterocycles. The first-order chi connectivity index (χ1) is 19.6. The van der Waals surface area contributed by atoms with E-state index in [0.29, 0.717) is 22.4 Å². The summed E-state index contributed by atoms with van der Waals surface area (Å²) in [5.74, 6) is -10.6. The van der Waals surface area contributed by atoms with Crippen LogP contribution in [0, 0.1) is 23.7 Å². The van der Waals surface area contributed by atoms with Crippen LogP contribution in [0.3, 0.4) is 0 Å². The Labute approximate surface area is 243 Å². The second-order valence-electron chi connectivity index (χ2n) is 12.3. The highest BCUT2D eigenvalue weighted by molar-refractivity contribution is 6.32. The van der Waals surface area contributed by atoms with Gasteiger partial charge in [0.25, 0.3) is 0 Å². The van der Waals surface area contributed by atoms with E-state index in [-0.39, 0.29) is 24.2 Å². The van der Waals surface area contributed by atoms with Crippen molar-refractivity contribution in [2.75, 3.05) is 52.1 Å². The minimum Gasteiger partial charge on any atom is -0.507 e. The molecule has 0 spiro atoms. The summed E-state index contributed by atoms with van der Waals surface area (Å²) in [4.78, 5) is 72.5. The van der Waals surface area contributed by atoms with E-state index in [1.807, 2.05) is 68.3 Å². The van der Waals surface area contributed by atoms with Gasteiger partial charge in [-0.25, -0.2) is 0 Å². The number of anilines is 2. The van der Waals surface area contributed by atoms with Crippen molar-refractivity contribution in [3.05, 3.63) is 41.5 Å². The SMILES string of the molecule is CN(C)c1cccc(-c2cc(N(C)C)c3c(c2O)C(=O)C2C(=O)[C@]4(O)C(=O)C(C(N)=O)C(=O)[C@H](N(C)C)[C@@H]4C[C@@H]2C3)c1. The summed E-state index contributed by atoms with van der Waals surface area (Å²) in [6, 6.07) is 8.10. The number of nitrogens with zero attached hydrogens (tertiary/aromatic N) is 3. The van der Waals surface area contributed by atoms with Crippen LogP contribution < -0.4 is 15.5 Å². The number of carbonyl (C=O) groups is 5. The molecule has 11 nitrogen and oxygen atoms in total. The highest BCUT2D eigenvalue weighted by atomic mass is 16.3. The zero-order valence-electron chi connectivity index (χ0n) is 24.5. The third-order valence-corrected chi connectivity index (χ3v) is 9.19. The largest absolute Gasteiger partial charge is 0.507 e. The molecule has 5 rings (SSSR count). The first-order valence-electron chi connectivity index (χ1n) is 13.8. The Bertz CT molecular complexity index is 1550. The third kappa shape index (κ3) is 4.05. The van der Waals surface area contributed by atoms with E-state index >= 15 is 0 Å². The Hall–Kier alpha value is -4.09. The van der Waals surface area contributed by atoms with E-state index in [4.69, 9.17) is 5.73 Å². The van der Waals surface area contributed by atoms with Crippen molar-refractivity contribution >= 4 is 40.4 Å². The van der Waals surface area contributed by atoms with Crippen LogP contribution in [0.25, 0.3) is 11.1 Å². The normalized spacial score (nSPS) is 28.7. The molecule has 6 atom stereocenters. The van der Waals surface area contributed by atoms with Gasteiger partial charge >= 0.3 is 0 Å². The average molecular weight is 577 g/mol. The molecule has 42 heavy (non-hydrogen) atoms. The van der Waals surface area contributed by atoms with Crippen molar-refractivity contribution < 1.29 is 34.2 Å². The Kier molecular flexibility index (Phi) is 7.02. The summed E-state index contributed by atoms with van der Waals surface area (Å²) in [5.41, 5.74) is 5.78. The maximum absolute atomic E-state index is 14.2. The standard InChI is InChI=1S/C31H36N4O7/c1-33(2)16-9-7-8-14(10-16)17-13-20(34(3)4)18-11-15-12-19-24(35(5)6)27(38)23(30(32)41)29(40)31(19,42)28(39)21(15)26(37)22(18)25(17)36/h7-10,13,15,19,21,23-24,36,42H,11-12H2,1-6H3,(H2,32,41)/t15-,19-,21?,23?,24+,31-/m0/s1. The number of hydrogen-bond acceptors (Lipinski definition) is 10. The van der Waals surface area contributed by atoms with Crippen LogP contribution in [-0.4, -0.2) is 98.1 Å². The molecule has 2 aromatic carbocycles. The molecule has 11 heteroatoms. The first kappa shape index (κ1) is 29.4. The van der Waals surface area contributed by atoms with Gasteiger partial charge < -0.3 is 25.7 Å². The van der Waals surface area contributed by atoms with Crippen molar-refractivity contribution in [2.24, 2.45) is 29.4 Å². The lowest BCUT2D eigenvalue weighted by molar-refractivity contribution is -0.181. The number of ketones is 4. The maximum atomic E-state index is 14.2. The number of primary amides is 1. The molecule has 0 aliphatic heterocycles. The van der Waals surface area contributed by atoms with Crippen molar-refractivity contribution in [2.45, 2.75) is 24.5 Å². The van der Waals surface area contributed by atoms with E-state index < -0.39 is 64.4 Å². The predicted octanol–water partition coefficient (Wildman–Crippen LogP) is 0.666. The van der Waals surface area contributed by atoms with E-state index in [2.05, 4.69) is 0 Å². The van der Waals surface area contributed by atoms with Crippen LogP contribution in [-0.2, 0) is 25.6 Å². The van der Waals surface area contributed by atoms with Gasteiger partial charge in [-0.05, 0) is 62.2 Å². The quantitative estimate of drug-likeness (QED) is 0.431. The summed E-state index contributed by atoms with van der Waals surface area (Å²) >= 11 is 0. The number of likely N-dealkylation sites (N-methyl/N-ethyl adjacent to an activating group) is 1. The molecule has 2 unspecified atom stereocenters. The van der Waals surface area contributed by atoms with Gasteiger partial charge in [-0.15, -0.1) is 0 Å². The van der Waals surface area contributed by atoms with E-state index in [1.54, 1.807) is 14.1 Å². The molecular weight excluding hydrogens is 540 g/mol. The van der Waals surface area contributed by atoms with Crippen LogP contribution in [0.5, 0.6) is 5.75 Å². The number of phenols is 1. The number of phenolic OH excluding ortho intramolecular Hbond substituents is 1. The summed E-state index contributed by atoms with van der Waals surface area (Å²) in [6.07, 6.45) is 0.203. The van der Waals surface area contributed by atoms with E-state index in [1.165, 1.54) is 4.90 Å². The molecule has 3 aliphatic carbocycles. The third-order valence-electron chi connectivity index (χ3n) is 9.19. The highest BCUT2D eigenvalue weighted by Crippen LogP contribution is 2.53. The summed E-state index contributed by atoms with van der Waals surface area (Å²) < 4.78 is 0. The number of rotatable bonds is 5. The maximum Gasteiger partial charge on any atom is 0.235 e. The summed E-state index contributed by atoms with van der Waals surface area (Å²) in [6.45, 7) is 0. The molecule has 3 aliphatic rings. The van der Waals surface area contributed by atoms with Gasteiger partial charge in [-0.3, -0.25) is 28.9 Å². The molecule has 0 bridgehead atoms. The van der Waals surface area contributed by atoms with Gasteiger partial charge in [0.15, 0.2) is 34.7 Å². The summed E-state index contributed by atoms with van der Waals surface area (Å²) in [7, 11) is 10.5. The van der Waals surface area contributed by atoms with Crippen molar-refractivity contribution in [1.82, 2.24) is 4.90 Å². The van der Waals surface area contributed by atoms with Crippen LogP contribution >= 0.6 is 0 Å². The number of hydrogen-bond donors (Lipinski definition) is 3. The highest BCUT2D eigenvalue weighted by Gasteiger charge is 2.69. The number of amides is 1. The zero-order valence-corrected chi connectivity index (χ0v) is 24.5. The van der Waals surface area contributed by atoms with Crippen LogP contribution in [0.2, 0.25) is 0 Å². The van der Waals surface area contributed by atoms with Gasteiger partial charge in [-0.1, -0.05) is 12.1 Å². The number of fused-ring (bicyclic) bond motifs is 3. The Morgan fingerprint density at radius 1 is 0.976 bits per heavy atom. The molecule has 0 radical (unpaired) electrons. The van der Waals surface area contributed by atoms with Gasteiger partial charge in [0.1, 0.15) is 5.75 Å². The van der Waals surface area contributed by atoms with Gasteiger partial charge in [0.05, 0.1) is 17.5 Å². The molecule has 0 saturated heterocycles. The van der Waals surface area contributed by atoms with Crippen molar-refractivity contribution in [3.8, 4) is 16.9 Å². The lowest BCUT2D eigenvalue weighted by Gasteiger charge is -2.52. The second kappa shape index (κ2) is 10.0. The molecule has 0 heterocycles. The van der Waals surface area contributed by atoms with Crippen LogP contribution in [0.4, 0.5) is 11.4 Å². The van der Waals surface area contributed by atoms with Gasteiger partial charge in [-0.2, -0.15) is 0 Å². The number of nitrogens with two attached hydrogens (primary N) is 1. The molecule has 2 saturated carbocycles. The van der Waals surface area contributed by atoms with Gasteiger partial charge in [0.2, 0.25) is 5.91 Å². The first-order valence-corrected chi connectivity index (χ1v) is 13.8. The predicted molar refractivity (Wildman–Crippen MR) is 155 cm³/mol. The Morgan fingerprint density at radius 2 is 1.64 bits per heavy atom. The second-order valence-corrected chi connectivity index (χ2v) is 12.3.